The first-order valence-electron chi connectivity index (χ1n) is 10.0. The van der Waals surface area contributed by atoms with Crippen LogP contribution in [0, 0.1) is 11.8 Å². The number of nitrogens with two attached hydrogens (primary N) is 1. The minimum absolute atomic E-state index is 0.0746. The number of alkyl halides is 2. The van der Waals surface area contributed by atoms with Gasteiger partial charge in [-0.25, -0.2) is 18.1 Å². The molecule has 1 aliphatic heterocycles. The molecule has 36 heavy (non-hydrogen) atoms. The number of aromatic amines is 1. The quantitative estimate of drug-likeness (QED) is 0.118. The van der Waals surface area contributed by atoms with E-state index in [2.05, 4.69) is 29.0 Å². The van der Waals surface area contributed by atoms with Crippen LogP contribution in [-0.4, -0.2) is 69.5 Å². The minimum atomic E-state index is -6.06. The van der Waals surface area contributed by atoms with E-state index in [1.807, 2.05) is 5.92 Å². The van der Waals surface area contributed by atoms with Gasteiger partial charge in [-0.3, -0.25) is 14.3 Å². The highest BCUT2D eigenvalue weighted by molar-refractivity contribution is 7.66. The molecule has 1 fully saturated rings. The first-order chi connectivity index (χ1) is 17.2. The molecule has 0 amide bonds. The summed E-state index contributed by atoms with van der Waals surface area (Å²) in [6, 6.07) is 1.21. The molecule has 6 atom stereocenters. The van der Waals surface area contributed by atoms with Crippen molar-refractivity contribution >= 4 is 52.1 Å². The van der Waals surface area contributed by atoms with Crippen LogP contribution in [0.3, 0.4) is 0 Å². The van der Waals surface area contributed by atoms with Crippen molar-refractivity contribution in [3.63, 3.8) is 0 Å². The number of aromatic nitrogens is 3. The van der Waals surface area contributed by atoms with E-state index < -0.39 is 65.6 Å². The molecule has 200 valence electrons. The van der Waals surface area contributed by atoms with Crippen molar-refractivity contribution in [3.8, 4) is 11.8 Å². The monoisotopic (exact) mass is 598 g/mol. The van der Waals surface area contributed by atoms with Gasteiger partial charge in [-0.2, -0.15) is 13.6 Å². The summed E-state index contributed by atoms with van der Waals surface area (Å²) in [6.45, 7) is -4.94. The Kier molecular flexibility index (Phi) is 7.38. The number of aliphatic hydroxyl groups excluding tert-OH is 1. The van der Waals surface area contributed by atoms with Crippen LogP contribution in [-0.2, 0) is 31.6 Å². The number of nitrogens with one attached hydrogen (secondary N) is 1. The summed E-state index contributed by atoms with van der Waals surface area (Å²) >= 11 is 6.43. The minimum Gasteiger partial charge on any atom is -0.387 e. The molecular weight excluding hydrogens is 580 g/mol. The van der Waals surface area contributed by atoms with Gasteiger partial charge in [0.15, 0.2) is 16.7 Å². The Morgan fingerprint density at radius 1 is 1.33 bits per heavy atom. The van der Waals surface area contributed by atoms with Crippen molar-refractivity contribution in [2.45, 2.75) is 23.3 Å². The molecule has 0 aromatic carbocycles. The van der Waals surface area contributed by atoms with Gasteiger partial charge in [0.2, 0.25) is 5.95 Å². The number of phosphoric acid groups is 3. The summed E-state index contributed by atoms with van der Waals surface area (Å²) in [5.41, 5.74) is 4.63. The highest BCUT2D eigenvalue weighted by Crippen LogP contribution is 2.66. The maximum absolute atomic E-state index is 12.9. The van der Waals surface area contributed by atoms with Crippen molar-refractivity contribution in [1.29, 1.82) is 0 Å². The van der Waals surface area contributed by atoms with E-state index in [4.69, 9.17) is 34.6 Å². The van der Waals surface area contributed by atoms with Crippen LogP contribution < -0.4 is 11.3 Å². The zero-order valence-electron chi connectivity index (χ0n) is 19.2. The van der Waals surface area contributed by atoms with Gasteiger partial charge >= 0.3 is 23.5 Å². The number of aliphatic hydroxyl groups is 1. The smallest absolute Gasteiger partial charge is 0.387 e. The molecular formula is C14H17ClFN4O13P3. The fraction of sp³-hybridized carbons (Fsp3) is 0.429. The molecule has 22 heteroatoms. The molecule has 1 saturated heterocycles. The van der Waals surface area contributed by atoms with Gasteiger partial charge in [0.25, 0.3) is 5.56 Å². The molecule has 2 aromatic heterocycles. The molecule has 0 aliphatic carbocycles. The summed E-state index contributed by atoms with van der Waals surface area (Å²) in [7, 11) is -17.8. The number of phosphoric ester groups is 1. The summed E-state index contributed by atoms with van der Waals surface area (Å²) in [5.74, 6) is 3.71. The number of hydrogen-bond donors (Lipinski definition) is 7. The summed E-state index contributed by atoms with van der Waals surface area (Å²) in [6.07, 6.45) is -5.35. The number of nitrogen functional groups attached to an aromatic ring is 1. The lowest BCUT2D eigenvalue weighted by molar-refractivity contribution is -0.0426. The van der Waals surface area contributed by atoms with Crippen molar-refractivity contribution < 1.29 is 63.4 Å². The maximum Gasteiger partial charge on any atom is 0.490 e. The van der Waals surface area contributed by atoms with Crippen molar-refractivity contribution in [2.75, 3.05) is 19.0 Å². The molecule has 3 rings (SSSR count). The van der Waals surface area contributed by atoms with Crippen molar-refractivity contribution in [1.82, 2.24) is 14.5 Å². The molecule has 3 heterocycles. The predicted molar refractivity (Wildman–Crippen MR) is 117 cm³/mol. The number of fused-ring (bicyclic) bond motifs is 1. The maximum atomic E-state index is 12.9. The number of H-pyrrole nitrogens is 1. The summed E-state index contributed by atoms with van der Waals surface area (Å²) < 4.78 is 81.0. The van der Waals surface area contributed by atoms with Crippen LogP contribution in [0.4, 0.5) is 10.3 Å². The normalized spacial score (nSPS) is 29.0. The first kappa shape index (κ1) is 26.0. The highest BCUT2D eigenvalue weighted by atomic mass is 35.5. The van der Waals surface area contributed by atoms with E-state index in [1.54, 1.807) is 0 Å². The SMILES string of the molecule is [2H]C([2H])(OP(=O)(O)OP(=O)(O)OP(=O)(O)O)[C@H]1O[C@@H](n2ccc3c(=O)[nH]c(N)nc32)C(Cl)(C#CCF)[C@H]1O. The molecule has 0 saturated carbocycles. The summed E-state index contributed by atoms with van der Waals surface area (Å²) in [5, 5.41) is 10.8. The first-order valence-corrected chi connectivity index (χ1v) is 13.9. The van der Waals surface area contributed by atoms with E-state index in [0.29, 0.717) is 0 Å². The highest BCUT2D eigenvalue weighted by Gasteiger charge is 2.56. The van der Waals surface area contributed by atoms with Crippen molar-refractivity contribution in [3.05, 3.63) is 22.6 Å². The van der Waals surface area contributed by atoms with Gasteiger partial charge in [0, 0.05) is 6.20 Å². The zero-order chi connectivity index (χ0) is 28.9. The third-order valence-electron chi connectivity index (χ3n) is 4.25. The third kappa shape index (κ3) is 6.42. The lowest BCUT2D eigenvalue weighted by Gasteiger charge is -2.26. The average molecular weight is 599 g/mol. The predicted octanol–water partition coefficient (Wildman–Crippen LogP) is -0.141. The lowest BCUT2D eigenvalue weighted by Crippen LogP contribution is -2.41. The van der Waals surface area contributed by atoms with Crippen LogP contribution in [0.1, 0.15) is 8.97 Å². The fourth-order valence-corrected chi connectivity index (χ4v) is 6.22. The molecule has 2 aromatic rings. The second-order valence-corrected chi connectivity index (χ2v) is 11.7. The lowest BCUT2D eigenvalue weighted by atomic mass is 9.99. The van der Waals surface area contributed by atoms with E-state index in [9.17, 15) is 37.8 Å². The topological polar surface area (TPSA) is 266 Å². The standard InChI is InChI=1S/C14H17ClFN4O13P3/c15-14(3-1-4-16)9(21)8(6-30-35(26,27)33-36(28,29)32-34(23,24)25)31-12(14)20-5-2-7-10(20)18-13(17)19-11(7)22/h2,5,8-9,12,21H,4,6H2,(H,26,27)(H,28,29)(H2,23,24,25)(H3,17,18,19,22)/t8-,9+,12-,14?/m1/s1/i6D2. The Balaban J connectivity index is 2.01. The molecule has 0 spiro atoms. The number of anilines is 1. The number of halogens is 2. The number of hydrogen-bond acceptors (Lipinski definition) is 11. The second-order valence-electron chi connectivity index (χ2n) is 6.77. The number of nitrogens with zero attached hydrogens (tertiary/aromatic N) is 2. The van der Waals surface area contributed by atoms with Crippen molar-refractivity contribution in [2.24, 2.45) is 0 Å². The van der Waals surface area contributed by atoms with Crippen LogP contribution in [0.15, 0.2) is 17.1 Å². The van der Waals surface area contributed by atoms with E-state index in [0.717, 1.165) is 10.8 Å². The van der Waals surface area contributed by atoms with Gasteiger partial charge in [0.05, 0.1) is 14.7 Å². The largest absolute Gasteiger partial charge is 0.490 e. The molecule has 0 radical (unpaired) electrons. The second kappa shape index (κ2) is 10.2. The molecule has 8 N–H and O–H groups in total. The zero-order valence-corrected chi connectivity index (χ0v) is 20.6. The Hall–Kier alpha value is -1.67. The van der Waals surface area contributed by atoms with Gasteiger partial charge in [-0.05, 0) is 6.07 Å². The Morgan fingerprint density at radius 2 is 2.00 bits per heavy atom. The van der Waals surface area contributed by atoms with Crippen LogP contribution in [0.5, 0.6) is 0 Å². The van der Waals surface area contributed by atoms with E-state index >= 15 is 0 Å². The summed E-state index contributed by atoms with van der Waals surface area (Å²) in [4.78, 5) is 52.0. The van der Waals surface area contributed by atoms with Gasteiger partial charge in [-0.15, -0.1) is 0 Å². The average Bonchev–Trinajstić information content (AvgIpc) is 3.22. The fourth-order valence-electron chi connectivity index (χ4n) is 3.01. The van der Waals surface area contributed by atoms with Gasteiger partial charge in [-0.1, -0.05) is 23.4 Å². The Labute approximate surface area is 207 Å². The van der Waals surface area contributed by atoms with E-state index in [1.165, 1.54) is 6.07 Å². The number of rotatable bonds is 8. The molecule has 1 aliphatic rings. The Bertz CT molecular complexity index is 1510. The van der Waals surface area contributed by atoms with Gasteiger partial charge < -0.3 is 39.7 Å². The van der Waals surface area contributed by atoms with Crippen LogP contribution in [0.25, 0.3) is 11.0 Å². The van der Waals surface area contributed by atoms with Gasteiger partial charge in [0.1, 0.15) is 18.9 Å². The number of ether oxygens (including phenoxy) is 1. The van der Waals surface area contributed by atoms with E-state index in [-0.39, 0.29) is 17.0 Å². The third-order valence-corrected chi connectivity index (χ3v) is 8.42. The molecule has 3 unspecified atom stereocenters. The Morgan fingerprint density at radius 3 is 2.61 bits per heavy atom. The van der Waals surface area contributed by atoms with Crippen LogP contribution >= 0.6 is 35.1 Å². The van der Waals surface area contributed by atoms with Crippen LogP contribution in [0.2, 0.25) is 0 Å². The molecule has 17 nitrogen and oxygen atoms in total. The molecule has 0 bridgehead atoms.